The smallest absolute Gasteiger partial charge is 0.212 e. The van der Waals surface area contributed by atoms with Crippen molar-refractivity contribution in [3.63, 3.8) is 0 Å². The lowest BCUT2D eigenvalue weighted by molar-refractivity contribution is 0.365. The van der Waals surface area contributed by atoms with Crippen LogP contribution < -0.4 is 0 Å². The van der Waals surface area contributed by atoms with Crippen LogP contribution in [0.3, 0.4) is 0 Å². The van der Waals surface area contributed by atoms with E-state index in [1.807, 2.05) is 31.2 Å². The highest BCUT2D eigenvalue weighted by molar-refractivity contribution is 9.10. The minimum atomic E-state index is -3.02. The van der Waals surface area contributed by atoms with Crippen molar-refractivity contribution in [1.82, 2.24) is 4.31 Å². The van der Waals surface area contributed by atoms with Crippen LogP contribution >= 0.6 is 15.9 Å². The van der Waals surface area contributed by atoms with Crippen molar-refractivity contribution in [3.8, 4) is 0 Å². The lowest BCUT2D eigenvalue weighted by Crippen LogP contribution is -2.27. The molecule has 0 bridgehead atoms. The van der Waals surface area contributed by atoms with Gasteiger partial charge in [0.2, 0.25) is 10.0 Å². The highest BCUT2D eigenvalue weighted by Crippen LogP contribution is 2.34. The second kappa shape index (κ2) is 4.47. The van der Waals surface area contributed by atoms with E-state index in [1.165, 1.54) is 0 Å². The Morgan fingerprint density at radius 2 is 2.00 bits per heavy atom. The number of halogens is 1. The van der Waals surface area contributed by atoms with Crippen LogP contribution in [0.25, 0.3) is 0 Å². The predicted octanol–water partition coefficient (Wildman–Crippen LogP) is 2.55. The number of benzene rings is 1. The largest absolute Gasteiger partial charge is 0.214 e. The van der Waals surface area contributed by atoms with Crippen molar-refractivity contribution >= 4 is 26.0 Å². The Morgan fingerprint density at radius 1 is 1.38 bits per heavy atom. The summed E-state index contributed by atoms with van der Waals surface area (Å²) in [6.07, 6.45) is 0.692. The Kier molecular flexibility index (Phi) is 3.37. The first-order valence-corrected chi connectivity index (χ1v) is 7.70. The Bertz CT molecular complexity index is 469. The molecule has 1 unspecified atom stereocenters. The van der Waals surface area contributed by atoms with Gasteiger partial charge in [0.25, 0.3) is 0 Å². The lowest BCUT2D eigenvalue weighted by Gasteiger charge is -2.21. The van der Waals surface area contributed by atoms with Gasteiger partial charge in [0.15, 0.2) is 0 Å². The van der Waals surface area contributed by atoms with Gasteiger partial charge in [-0.2, -0.15) is 4.31 Å². The first-order chi connectivity index (χ1) is 7.54. The molecule has 0 saturated carbocycles. The molecule has 1 heterocycles. The highest BCUT2D eigenvalue weighted by Gasteiger charge is 2.36. The molecule has 5 heteroatoms. The van der Waals surface area contributed by atoms with E-state index in [-0.39, 0.29) is 11.8 Å². The molecule has 1 aliphatic heterocycles. The van der Waals surface area contributed by atoms with Gasteiger partial charge in [-0.15, -0.1) is 0 Å². The summed E-state index contributed by atoms with van der Waals surface area (Å²) in [6.45, 7) is 2.43. The molecule has 88 valence electrons. The number of nitrogens with zero attached hydrogens (tertiary/aromatic N) is 1. The third kappa shape index (κ3) is 2.17. The van der Waals surface area contributed by atoms with E-state index in [4.69, 9.17) is 0 Å². The predicted molar refractivity (Wildman–Crippen MR) is 67.7 cm³/mol. The van der Waals surface area contributed by atoms with Crippen LogP contribution in [0.15, 0.2) is 28.7 Å². The van der Waals surface area contributed by atoms with Gasteiger partial charge in [-0.25, -0.2) is 8.42 Å². The second-order valence-corrected chi connectivity index (χ2v) is 6.83. The molecule has 0 spiro atoms. The van der Waals surface area contributed by atoms with E-state index in [0.717, 1.165) is 10.0 Å². The van der Waals surface area contributed by atoms with Gasteiger partial charge in [-0.3, -0.25) is 0 Å². The van der Waals surface area contributed by atoms with Crippen LogP contribution in [-0.2, 0) is 10.0 Å². The highest BCUT2D eigenvalue weighted by atomic mass is 79.9. The summed E-state index contributed by atoms with van der Waals surface area (Å²) >= 11 is 3.38. The zero-order valence-electron chi connectivity index (χ0n) is 9.06. The summed E-state index contributed by atoms with van der Waals surface area (Å²) in [6, 6.07) is 7.89. The fourth-order valence-electron chi connectivity index (χ4n) is 2.15. The van der Waals surface area contributed by atoms with Crippen LogP contribution in [0.1, 0.15) is 24.9 Å². The van der Waals surface area contributed by atoms with E-state index in [9.17, 15) is 8.42 Å². The molecular formula is C11H14BrNO2S. The van der Waals surface area contributed by atoms with E-state index in [0.29, 0.717) is 13.0 Å². The SMILES string of the molecule is CCN1C(c2ccc(Br)cc2)CCS1(=O)=O. The normalized spacial score (nSPS) is 24.8. The average molecular weight is 304 g/mol. The molecule has 0 amide bonds. The van der Waals surface area contributed by atoms with Crippen molar-refractivity contribution in [1.29, 1.82) is 0 Å². The first kappa shape index (κ1) is 12.1. The molecule has 0 aromatic heterocycles. The standard InChI is InChI=1S/C11H14BrNO2S/c1-2-13-11(7-8-16(13,14)15)9-3-5-10(12)6-4-9/h3-6,11H,2,7-8H2,1H3. The van der Waals surface area contributed by atoms with Crippen molar-refractivity contribution in [2.45, 2.75) is 19.4 Å². The third-order valence-corrected chi connectivity index (χ3v) is 5.43. The molecule has 1 fully saturated rings. The summed E-state index contributed by atoms with van der Waals surface area (Å²) in [5.74, 6) is 0.265. The Morgan fingerprint density at radius 3 is 2.56 bits per heavy atom. The molecular weight excluding hydrogens is 290 g/mol. The van der Waals surface area contributed by atoms with Gasteiger partial charge in [0.05, 0.1) is 11.8 Å². The molecule has 0 N–H and O–H groups in total. The second-order valence-electron chi connectivity index (χ2n) is 3.88. The molecule has 3 nitrogen and oxygen atoms in total. The monoisotopic (exact) mass is 303 g/mol. The maximum absolute atomic E-state index is 11.8. The number of rotatable bonds is 2. The van der Waals surface area contributed by atoms with Crippen molar-refractivity contribution in [2.75, 3.05) is 12.3 Å². The van der Waals surface area contributed by atoms with E-state index >= 15 is 0 Å². The van der Waals surface area contributed by atoms with Gasteiger partial charge >= 0.3 is 0 Å². The zero-order chi connectivity index (χ0) is 11.8. The molecule has 1 atom stereocenters. The summed E-state index contributed by atoms with van der Waals surface area (Å²) < 4.78 is 26.1. The minimum Gasteiger partial charge on any atom is -0.212 e. The van der Waals surface area contributed by atoms with Crippen LogP contribution in [0.5, 0.6) is 0 Å². The number of sulfonamides is 1. The van der Waals surface area contributed by atoms with Gasteiger partial charge < -0.3 is 0 Å². The summed E-state index contributed by atoms with van der Waals surface area (Å²) in [7, 11) is -3.02. The lowest BCUT2D eigenvalue weighted by atomic mass is 10.1. The molecule has 0 aliphatic carbocycles. The van der Waals surface area contributed by atoms with Crippen LogP contribution in [0, 0.1) is 0 Å². The van der Waals surface area contributed by atoms with Crippen LogP contribution in [0.4, 0.5) is 0 Å². The van der Waals surface area contributed by atoms with Gasteiger partial charge in [0.1, 0.15) is 0 Å². The fraction of sp³-hybridized carbons (Fsp3) is 0.455. The van der Waals surface area contributed by atoms with Crippen molar-refractivity contribution in [2.24, 2.45) is 0 Å². The molecule has 1 saturated heterocycles. The summed E-state index contributed by atoms with van der Waals surface area (Å²) in [4.78, 5) is 0. The molecule has 16 heavy (non-hydrogen) atoms. The van der Waals surface area contributed by atoms with E-state index in [2.05, 4.69) is 15.9 Å². The fourth-order valence-corrected chi connectivity index (χ4v) is 4.18. The number of hydrogen-bond acceptors (Lipinski definition) is 2. The summed E-state index contributed by atoms with van der Waals surface area (Å²) in [5.41, 5.74) is 1.08. The number of hydrogen-bond donors (Lipinski definition) is 0. The van der Waals surface area contributed by atoms with E-state index in [1.54, 1.807) is 4.31 Å². The third-order valence-electron chi connectivity index (χ3n) is 2.92. The zero-order valence-corrected chi connectivity index (χ0v) is 11.5. The maximum atomic E-state index is 11.8. The maximum Gasteiger partial charge on any atom is 0.214 e. The quantitative estimate of drug-likeness (QED) is 0.842. The van der Waals surface area contributed by atoms with Crippen molar-refractivity contribution < 1.29 is 8.42 Å². The minimum absolute atomic E-state index is 0.0168. The first-order valence-electron chi connectivity index (χ1n) is 5.29. The van der Waals surface area contributed by atoms with Gasteiger partial charge in [-0.05, 0) is 24.1 Å². The average Bonchev–Trinajstić information content (AvgIpc) is 2.54. The van der Waals surface area contributed by atoms with Crippen LogP contribution in [-0.4, -0.2) is 25.0 Å². The molecule has 0 radical (unpaired) electrons. The molecule has 1 aromatic rings. The Hall–Kier alpha value is -0.390. The Balaban J connectivity index is 2.32. The topological polar surface area (TPSA) is 37.4 Å². The molecule has 2 rings (SSSR count). The van der Waals surface area contributed by atoms with E-state index < -0.39 is 10.0 Å². The van der Waals surface area contributed by atoms with Crippen molar-refractivity contribution in [3.05, 3.63) is 34.3 Å². The molecule has 1 aliphatic rings. The Labute approximate surface area is 105 Å². The van der Waals surface area contributed by atoms with Gasteiger partial charge in [-0.1, -0.05) is 35.0 Å². The van der Waals surface area contributed by atoms with Crippen LogP contribution in [0.2, 0.25) is 0 Å². The summed E-state index contributed by atoms with van der Waals surface area (Å²) in [5, 5.41) is 0. The van der Waals surface area contributed by atoms with Gasteiger partial charge in [0, 0.05) is 11.0 Å². The molecule has 1 aromatic carbocycles.